The maximum absolute atomic E-state index is 13.3. The Morgan fingerprint density at radius 2 is 1.83 bits per heavy atom. The molecular formula is C28H28F3N9O. The molecule has 4 heterocycles. The van der Waals surface area contributed by atoms with Crippen LogP contribution in [0.3, 0.4) is 0 Å². The van der Waals surface area contributed by atoms with E-state index in [4.69, 9.17) is 14.7 Å². The van der Waals surface area contributed by atoms with Gasteiger partial charge in [-0.05, 0) is 32.3 Å². The second kappa shape index (κ2) is 10.1. The number of aromatic amines is 1. The highest BCUT2D eigenvalue weighted by atomic mass is 19.4. The highest BCUT2D eigenvalue weighted by Gasteiger charge is 2.35. The minimum absolute atomic E-state index is 0.183. The molecule has 5 aromatic rings. The number of nitrogens with zero attached hydrogens (tertiary/aromatic N) is 8. The summed E-state index contributed by atoms with van der Waals surface area (Å²) in [6, 6.07) is 7.15. The summed E-state index contributed by atoms with van der Waals surface area (Å²) < 4.78 is 47.1. The Morgan fingerprint density at radius 1 is 1.07 bits per heavy atom. The molecule has 13 heteroatoms. The van der Waals surface area contributed by atoms with Crippen LogP contribution in [0.4, 0.5) is 19.0 Å². The second-order valence-electron chi connectivity index (χ2n) is 10.4. The Balaban J connectivity index is 1.32. The van der Waals surface area contributed by atoms with Crippen LogP contribution in [0.15, 0.2) is 43.1 Å². The number of hydrogen-bond acceptors (Lipinski definition) is 8. The average Bonchev–Trinajstić information content (AvgIpc) is 3.49. The molecule has 0 amide bonds. The average molecular weight is 564 g/mol. The maximum Gasteiger partial charge on any atom is 0.434 e. The minimum atomic E-state index is -4.51. The van der Waals surface area contributed by atoms with Gasteiger partial charge >= 0.3 is 6.18 Å². The first-order valence-electron chi connectivity index (χ1n) is 13.2. The van der Waals surface area contributed by atoms with E-state index in [0.717, 1.165) is 30.3 Å². The summed E-state index contributed by atoms with van der Waals surface area (Å²) in [4.78, 5) is 31.8. The molecule has 1 fully saturated rings. The van der Waals surface area contributed by atoms with Crippen molar-refractivity contribution < 1.29 is 17.9 Å². The zero-order valence-corrected chi connectivity index (χ0v) is 22.9. The predicted molar refractivity (Wildman–Crippen MR) is 146 cm³/mol. The standard InChI is InChI=1S/C28H28F3N9O/c1-15(2)40-12-19(28(29,30)31)36-25(40)18-7-5-16(6-8-18)11-39(3)26-22-24(34-13-33-22)37-23(38-26)20-21(17-9-10-17)32-14-35-27(20)41-4/h5-8,12-15,17H,9-11H2,1-4H3,(H,33,34,37,38). The van der Waals surface area contributed by atoms with Crippen LogP contribution < -0.4 is 9.64 Å². The summed E-state index contributed by atoms with van der Waals surface area (Å²) >= 11 is 0. The largest absolute Gasteiger partial charge is 0.480 e. The minimum Gasteiger partial charge on any atom is -0.480 e. The van der Waals surface area contributed by atoms with E-state index in [9.17, 15) is 13.2 Å². The number of imidazole rings is 2. The number of nitrogens with one attached hydrogen (secondary N) is 1. The van der Waals surface area contributed by atoms with Gasteiger partial charge in [0.2, 0.25) is 5.88 Å². The second-order valence-corrected chi connectivity index (χ2v) is 10.4. The monoisotopic (exact) mass is 563 g/mol. The van der Waals surface area contributed by atoms with E-state index in [0.29, 0.717) is 52.3 Å². The number of rotatable bonds is 8. The normalized spacial score (nSPS) is 13.8. The number of fused-ring (bicyclic) bond motifs is 1. The van der Waals surface area contributed by atoms with Crippen molar-refractivity contribution in [1.82, 2.24) is 39.5 Å². The van der Waals surface area contributed by atoms with Gasteiger partial charge < -0.3 is 19.2 Å². The molecular weight excluding hydrogens is 535 g/mol. The Labute approximate surface area is 233 Å². The SMILES string of the molecule is COc1ncnc(C2CC2)c1-c1nc(N(C)Cc2ccc(-c3nc(C(F)(F)F)cn3C(C)C)cc2)c2[nH]cnc2n1. The summed E-state index contributed by atoms with van der Waals surface area (Å²) in [5.74, 6) is 2.07. The molecule has 1 aliphatic carbocycles. The van der Waals surface area contributed by atoms with Gasteiger partial charge in [-0.25, -0.2) is 29.9 Å². The number of benzene rings is 1. The van der Waals surface area contributed by atoms with E-state index in [2.05, 4.69) is 24.9 Å². The Kier molecular flexibility index (Phi) is 6.59. The molecule has 10 nitrogen and oxygen atoms in total. The zero-order valence-electron chi connectivity index (χ0n) is 22.9. The summed E-state index contributed by atoms with van der Waals surface area (Å²) in [7, 11) is 3.46. The van der Waals surface area contributed by atoms with Crippen LogP contribution >= 0.6 is 0 Å². The van der Waals surface area contributed by atoms with Gasteiger partial charge in [0.05, 0.1) is 19.1 Å². The van der Waals surface area contributed by atoms with Gasteiger partial charge in [-0.1, -0.05) is 24.3 Å². The molecule has 0 atom stereocenters. The first-order valence-corrected chi connectivity index (χ1v) is 13.2. The van der Waals surface area contributed by atoms with E-state index in [1.54, 1.807) is 30.1 Å². The van der Waals surface area contributed by atoms with E-state index in [1.807, 2.05) is 37.9 Å². The van der Waals surface area contributed by atoms with Gasteiger partial charge in [-0.15, -0.1) is 0 Å². The number of alkyl halides is 3. The third-order valence-electron chi connectivity index (χ3n) is 7.06. The third kappa shape index (κ3) is 5.07. The van der Waals surface area contributed by atoms with Crippen molar-refractivity contribution in [2.75, 3.05) is 19.1 Å². The van der Waals surface area contributed by atoms with Crippen LogP contribution in [0.5, 0.6) is 5.88 Å². The fourth-order valence-corrected chi connectivity index (χ4v) is 4.86. The molecule has 41 heavy (non-hydrogen) atoms. The van der Waals surface area contributed by atoms with Crippen molar-refractivity contribution in [3.8, 4) is 28.7 Å². The molecule has 0 bridgehead atoms. The lowest BCUT2D eigenvalue weighted by Gasteiger charge is -2.20. The smallest absolute Gasteiger partial charge is 0.434 e. The van der Waals surface area contributed by atoms with Crippen molar-refractivity contribution in [2.45, 2.75) is 51.4 Å². The van der Waals surface area contributed by atoms with E-state index >= 15 is 0 Å². The summed E-state index contributed by atoms with van der Waals surface area (Å²) in [5, 5.41) is 0. The molecule has 0 spiro atoms. The maximum atomic E-state index is 13.3. The molecule has 1 aliphatic rings. The van der Waals surface area contributed by atoms with E-state index < -0.39 is 11.9 Å². The van der Waals surface area contributed by atoms with Gasteiger partial charge in [-0.2, -0.15) is 13.2 Å². The number of halogens is 3. The molecule has 1 aromatic carbocycles. The predicted octanol–water partition coefficient (Wildman–Crippen LogP) is 5.80. The summed E-state index contributed by atoms with van der Waals surface area (Å²) in [6.45, 7) is 4.12. The van der Waals surface area contributed by atoms with Gasteiger partial charge in [0.1, 0.15) is 23.2 Å². The van der Waals surface area contributed by atoms with Crippen LogP contribution in [0.25, 0.3) is 33.9 Å². The Hall–Kier alpha value is -4.55. The van der Waals surface area contributed by atoms with Crippen LogP contribution in [-0.2, 0) is 12.7 Å². The third-order valence-corrected chi connectivity index (χ3v) is 7.06. The van der Waals surface area contributed by atoms with Crippen molar-refractivity contribution in [1.29, 1.82) is 0 Å². The lowest BCUT2D eigenvalue weighted by Crippen LogP contribution is -2.19. The first kappa shape index (κ1) is 26.7. The highest BCUT2D eigenvalue weighted by Crippen LogP contribution is 2.45. The molecule has 0 saturated heterocycles. The molecule has 1 saturated carbocycles. The first-order chi connectivity index (χ1) is 19.6. The molecule has 6 rings (SSSR count). The Bertz CT molecular complexity index is 1710. The quantitative estimate of drug-likeness (QED) is 0.252. The fraction of sp³-hybridized carbons (Fsp3) is 0.357. The van der Waals surface area contributed by atoms with E-state index in [1.165, 1.54) is 6.33 Å². The Morgan fingerprint density at radius 3 is 2.49 bits per heavy atom. The van der Waals surface area contributed by atoms with Crippen LogP contribution in [-0.4, -0.2) is 53.6 Å². The number of ether oxygens (including phenoxy) is 1. The number of hydrogen-bond donors (Lipinski definition) is 1. The van der Waals surface area contributed by atoms with Gasteiger partial charge in [0.25, 0.3) is 0 Å². The molecule has 0 aliphatic heterocycles. The number of aromatic nitrogens is 8. The van der Waals surface area contributed by atoms with Crippen molar-refractivity contribution in [2.24, 2.45) is 0 Å². The zero-order chi connectivity index (χ0) is 28.9. The van der Waals surface area contributed by atoms with Crippen molar-refractivity contribution in [3.05, 3.63) is 60.1 Å². The van der Waals surface area contributed by atoms with Gasteiger partial charge in [-0.3, -0.25) is 0 Å². The van der Waals surface area contributed by atoms with Crippen molar-refractivity contribution >= 4 is 17.0 Å². The lowest BCUT2D eigenvalue weighted by molar-refractivity contribution is -0.140. The van der Waals surface area contributed by atoms with Crippen LogP contribution in [0, 0.1) is 0 Å². The fourth-order valence-electron chi connectivity index (χ4n) is 4.86. The topological polar surface area (TPSA) is 111 Å². The van der Waals surface area contributed by atoms with Crippen LogP contribution in [0.2, 0.25) is 0 Å². The molecule has 0 unspecified atom stereocenters. The lowest BCUT2D eigenvalue weighted by atomic mass is 10.1. The summed E-state index contributed by atoms with van der Waals surface area (Å²) in [5.41, 5.74) is 3.34. The summed E-state index contributed by atoms with van der Waals surface area (Å²) in [6.07, 6.45) is 1.69. The van der Waals surface area contributed by atoms with Crippen molar-refractivity contribution in [3.63, 3.8) is 0 Å². The van der Waals surface area contributed by atoms with Gasteiger partial charge in [0, 0.05) is 37.3 Å². The number of H-pyrrole nitrogens is 1. The van der Waals surface area contributed by atoms with Gasteiger partial charge in [0.15, 0.2) is 23.0 Å². The molecule has 4 aromatic heterocycles. The highest BCUT2D eigenvalue weighted by molar-refractivity contribution is 5.86. The molecule has 1 N–H and O–H groups in total. The van der Waals surface area contributed by atoms with E-state index in [-0.39, 0.29) is 11.9 Å². The number of methoxy groups -OCH3 is 1. The van der Waals surface area contributed by atoms with Crippen LogP contribution in [0.1, 0.15) is 55.6 Å². The molecule has 0 radical (unpaired) electrons. The number of anilines is 1. The molecule has 212 valence electrons.